The number of allylic oxidation sites excluding steroid dienone is 1. The molecule has 28 heavy (non-hydrogen) atoms. The third-order valence-electron chi connectivity index (χ3n) is 4.17. The minimum atomic E-state index is -0.497. The van der Waals surface area contributed by atoms with E-state index in [0.29, 0.717) is 34.6 Å². The standard InChI is InChI=1S/C20H22N2O6/c1-5-7-14-10-15(22(25)26)8-9-17(14)28-11-16(23)19-12(3)18(13(4)21-19)20(24)27-6-2/h5,8-10,21H,1,6-7,11H2,2-4H3. The average molecular weight is 386 g/mol. The zero-order valence-electron chi connectivity index (χ0n) is 16.0. The van der Waals surface area contributed by atoms with Gasteiger partial charge >= 0.3 is 5.97 Å². The van der Waals surface area contributed by atoms with Crippen molar-refractivity contribution in [1.29, 1.82) is 0 Å². The molecule has 0 saturated carbocycles. The Bertz CT molecular complexity index is 929. The fourth-order valence-electron chi connectivity index (χ4n) is 2.89. The predicted molar refractivity (Wildman–Crippen MR) is 103 cm³/mol. The Morgan fingerprint density at radius 2 is 2.04 bits per heavy atom. The molecule has 0 amide bonds. The summed E-state index contributed by atoms with van der Waals surface area (Å²) in [5, 5.41) is 10.9. The third kappa shape index (κ3) is 4.46. The number of nitrogens with one attached hydrogen (secondary N) is 1. The Kier molecular flexibility index (Phi) is 6.70. The van der Waals surface area contributed by atoms with Crippen molar-refractivity contribution < 1.29 is 24.0 Å². The van der Waals surface area contributed by atoms with Gasteiger partial charge in [-0.2, -0.15) is 0 Å². The van der Waals surface area contributed by atoms with Gasteiger partial charge in [0.1, 0.15) is 5.75 Å². The first-order valence-electron chi connectivity index (χ1n) is 8.70. The van der Waals surface area contributed by atoms with E-state index in [2.05, 4.69) is 11.6 Å². The van der Waals surface area contributed by atoms with Gasteiger partial charge in [-0.15, -0.1) is 6.58 Å². The van der Waals surface area contributed by atoms with Crippen LogP contribution < -0.4 is 4.74 Å². The van der Waals surface area contributed by atoms with Gasteiger partial charge in [0.15, 0.2) is 6.61 Å². The van der Waals surface area contributed by atoms with Crippen molar-refractivity contribution in [2.24, 2.45) is 0 Å². The maximum Gasteiger partial charge on any atom is 0.340 e. The van der Waals surface area contributed by atoms with Crippen molar-refractivity contribution in [3.05, 3.63) is 69.0 Å². The van der Waals surface area contributed by atoms with Gasteiger partial charge < -0.3 is 14.5 Å². The largest absolute Gasteiger partial charge is 0.485 e. The van der Waals surface area contributed by atoms with Gasteiger partial charge in [0.25, 0.3) is 5.69 Å². The molecule has 0 spiro atoms. The summed E-state index contributed by atoms with van der Waals surface area (Å²) in [6.07, 6.45) is 1.96. The zero-order valence-corrected chi connectivity index (χ0v) is 16.0. The second kappa shape index (κ2) is 8.98. The molecule has 0 fully saturated rings. The minimum Gasteiger partial charge on any atom is -0.485 e. The number of nitro benzene ring substituents is 1. The lowest BCUT2D eigenvalue weighted by Crippen LogP contribution is -2.14. The van der Waals surface area contributed by atoms with E-state index in [4.69, 9.17) is 9.47 Å². The molecule has 8 nitrogen and oxygen atoms in total. The molecule has 0 aliphatic heterocycles. The summed E-state index contributed by atoms with van der Waals surface area (Å²) in [5.74, 6) is -0.471. The molecule has 2 aromatic rings. The lowest BCUT2D eigenvalue weighted by molar-refractivity contribution is -0.384. The van der Waals surface area contributed by atoms with Crippen molar-refractivity contribution in [1.82, 2.24) is 4.98 Å². The molecule has 1 heterocycles. The van der Waals surface area contributed by atoms with E-state index >= 15 is 0 Å². The number of aromatic nitrogens is 1. The topological polar surface area (TPSA) is 112 Å². The number of nitrogens with zero attached hydrogens (tertiary/aromatic N) is 1. The summed E-state index contributed by atoms with van der Waals surface area (Å²) in [4.78, 5) is 38.0. The summed E-state index contributed by atoms with van der Waals surface area (Å²) in [6, 6.07) is 4.17. The molecule has 0 aliphatic rings. The smallest absolute Gasteiger partial charge is 0.340 e. The van der Waals surface area contributed by atoms with Crippen LogP contribution in [0, 0.1) is 24.0 Å². The minimum absolute atomic E-state index is 0.0644. The van der Waals surface area contributed by atoms with Gasteiger partial charge in [-0.3, -0.25) is 14.9 Å². The highest BCUT2D eigenvalue weighted by atomic mass is 16.6. The molecule has 1 aromatic carbocycles. The van der Waals surface area contributed by atoms with Crippen LogP contribution in [0.1, 0.15) is 44.6 Å². The van der Waals surface area contributed by atoms with E-state index in [1.54, 1.807) is 26.8 Å². The second-order valence-corrected chi connectivity index (χ2v) is 6.10. The molecule has 1 aromatic heterocycles. The number of aryl methyl sites for hydroxylation is 1. The summed E-state index contributed by atoms with van der Waals surface area (Å²) in [6.45, 7) is 8.64. The molecular weight excluding hydrogens is 364 g/mol. The molecular formula is C20H22N2O6. The van der Waals surface area contributed by atoms with E-state index < -0.39 is 10.9 Å². The van der Waals surface area contributed by atoms with Gasteiger partial charge in [-0.05, 0) is 38.8 Å². The number of Topliss-reactive ketones (excluding diaryl/α,β-unsaturated/α-hetero) is 1. The van der Waals surface area contributed by atoms with Crippen LogP contribution in [0.15, 0.2) is 30.9 Å². The number of carbonyl (C=O) groups excluding carboxylic acids is 2. The molecule has 2 rings (SSSR count). The third-order valence-corrected chi connectivity index (χ3v) is 4.17. The van der Waals surface area contributed by atoms with Gasteiger partial charge in [-0.25, -0.2) is 4.79 Å². The van der Waals surface area contributed by atoms with Gasteiger partial charge in [0.2, 0.25) is 5.78 Å². The van der Waals surface area contributed by atoms with E-state index in [-0.39, 0.29) is 30.4 Å². The molecule has 8 heteroatoms. The molecule has 0 bridgehead atoms. The average Bonchev–Trinajstić information content (AvgIpc) is 2.95. The Morgan fingerprint density at radius 3 is 2.64 bits per heavy atom. The number of rotatable bonds is 9. The molecule has 0 radical (unpaired) electrons. The van der Waals surface area contributed by atoms with Crippen LogP contribution in [-0.2, 0) is 11.2 Å². The van der Waals surface area contributed by atoms with Gasteiger partial charge in [-0.1, -0.05) is 6.08 Å². The highest BCUT2D eigenvalue weighted by molar-refractivity contribution is 6.02. The Balaban J connectivity index is 2.21. The Hall–Kier alpha value is -3.42. The summed E-state index contributed by atoms with van der Waals surface area (Å²) in [7, 11) is 0. The van der Waals surface area contributed by atoms with Crippen LogP contribution in [0.5, 0.6) is 5.75 Å². The summed E-state index contributed by atoms with van der Waals surface area (Å²) >= 11 is 0. The lowest BCUT2D eigenvalue weighted by atomic mass is 10.1. The first kappa shape index (κ1) is 20.9. The van der Waals surface area contributed by atoms with E-state index in [1.165, 1.54) is 18.2 Å². The quantitative estimate of drug-likeness (QED) is 0.231. The van der Waals surface area contributed by atoms with E-state index in [0.717, 1.165) is 0 Å². The highest BCUT2D eigenvalue weighted by Crippen LogP contribution is 2.26. The molecule has 0 unspecified atom stereocenters. The number of carbonyl (C=O) groups is 2. The number of aromatic amines is 1. The number of ether oxygens (including phenoxy) is 2. The molecule has 0 saturated heterocycles. The van der Waals surface area contributed by atoms with Gasteiger partial charge in [0.05, 0.1) is 22.8 Å². The second-order valence-electron chi connectivity index (χ2n) is 6.10. The van der Waals surface area contributed by atoms with Crippen LogP contribution in [0.3, 0.4) is 0 Å². The molecule has 0 atom stereocenters. The van der Waals surface area contributed by atoms with Crippen molar-refractivity contribution in [3.8, 4) is 5.75 Å². The summed E-state index contributed by atoms with van der Waals surface area (Å²) in [5.41, 5.74) is 2.15. The highest BCUT2D eigenvalue weighted by Gasteiger charge is 2.23. The number of nitro groups is 1. The molecule has 1 N–H and O–H groups in total. The van der Waals surface area contributed by atoms with Crippen LogP contribution in [0.4, 0.5) is 5.69 Å². The Labute approximate surface area is 162 Å². The predicted octanol–water partition coefficient (Wildman–Crippen LogP) is 3.71. The first-order chi connectivity index (χ1) is 13.3. The van der Waals surface area contributed by atoms with Crippen molar-refractivity contribution >= 4 is 17.4 Å². The number of esters is 1. The number of H-pyrrole nitrogens is 1. The van der Waals surface area contributed by atoms with E-state index in [1.807, 2.05) is 0 Å². The number of hydrogen-bond acceptors (Lipinski definition) is 6. The van der Waals surface area contributed by atoms with Crippen LogP contribution in [0.2, 0.25) is 0 Å². The maximum absolute atomic E-state index is 12.6. The van der Waals surface area contributed by atoms with Crippen molar-refractivity contribution in [2.45, 2.75) is 27.2 Å². The SMILES string of the molecule is C=CCc1cc([N+](=O)[O-])ccc1OCC(=O)c1[nH]c(C)c(C(=O)OCC)c1C. The number of benzene rings is 1. The number of ketones is 1. The lowest BCUT2D eigenvalue weighted by Gasteiger charge is -2.10. The molecule has 148 valence electrons. The maximum atomic E-state index is 12.6. The zero-order chi connectivity index (χ0) is 20.8. The van der Waals surface area contributed by atoms with Gasteiger partial charge in [0, 0.05) is 23.4 Å². The monoisotopic (exact) mass is 386 g/mol. The van der Waals surface area contributed by atoms with Crippen LogP contribution in [0.25, 0.3) is 0 Å². The van der Waals surface area contributed by atoms with Crippen LogP contribution >= 0.6 is 0 Å². The molecule has 0 aliphatic carbocycles. The van der Waals surface area contributed by atoms with Crippen LogP contribution in [-0.4, -0.2) is 34.9 Å². The number of hydrogen-bond donors (Lipinski definition) is 1. The summed E-state index contributed by atoms with van der Waals surface area (Å²) < 4.78 is 10.6. The first-order valence-corrected chi connectivity index (χ1v) is 8.70. The fourth-order valence-corrected chi connectivity index (χ4v) is 2.89. The number of non-ortho nitro benzene ring substituents is 1. The Morgan fingerprint density at radius 1 is 1.32 bits per heavy atom. The normalized spacial score (nSPS) is 10.4. The van der Waals surface area contributed by atoms with Crippen molar-refractivity contribution in [3.63, 3.8) is 0 Å². The fraction of sp³-hybridized carbons (Fsp3) is 0.300. The van der Waals surface area contributed by atoms with Crippen molar-refractivity contribution in [2.75, 3.05) is 13.2 Å². The van der Waals surface area contributed by atoms with E-state index in [9.17, 15) is 19.7 Å².